The molecule has 0 heterocycles. The minimum Gasteiger partial charge on any atom is -0.395 e. The zero-order chi connectivity index (χ0) is 12.3. The van der Waals surface area contributed by atoms with Gasteiger partial charge in [-0.1, -0.05) is 20.8 Å². The number of aliphatic hydroxyl groups is 4. The van der Waals surface area contributed by atoms with E-state index in [4.69, 9.17) is 20.4 Å². The van der Waals surface area contributed by atoms with Gasteiger partial charge in [0.25, 0.3) is 0 Å². The summed E-state index contributed by atoms with van der Waals surface area (Å²) in [6.45, 7) is 5.69. The Morgan fingerprint density at radius 2 is 1.07 bits per heavy atom. The zero-order valence-electron chi connectivity index (χ0n) is 9.93. The van der Waals surface area contributed by atoms with Gasteiger partial charge in [-0.25, -0.2) is 0 Å². The van der Waals surface area contributed by atoms with Crippen LogP contribution in [0.2, 0.25) is 0 Å². The number of hydrogen-bond acceptors (Lipinski definition) is 5. The molecule has 0 unspecified atom stereocenters. The predicted octanol–water partition coefficient (Wildman–Crippen LogP) is -0.959. The SMILES string of the molecule is CC.CCN(C(CO)CO)C(CO)CO. The first-order valence-corrected chi connectivity index (χ1v) is 5.44. The molecule has 0 amide bonds. The van der Waals surface area contributed by atoms with E-state index in [0.29, 0.717) is 6.54 Å². The van der Waals surface area contributed by atoms with Crippen molar-refractivity contribution in [2.45, 2.75) is 32.9 Å². The average molecular weight is 223 g/mol. The van der Waals surface area contributed by atoms with Gasteiger partial charge in [0.15, 0.2) is 0 Å². The van der Waals surface area contributed by atoms with Crippen LogP contribution in [0.3, 0.4) is 0 Å². The average Bonchev–Trinajstić information content (AvgIpc) is 2.32. The third-order valence-corrected chi connectivity index (χ3v) is 2.15. The third-order valence-electron chi connectivity index (χ3n) is 2.15. The second-order valence-electron chi connectivity index (χ2n) is 2.87. The molecule has 0 bridgehead atoms. The highest BCUT2D eigenvalue weighted by molar-refractivity contribution is 4.76. The molecule has 0 aromatic carbocycles. The number of rotatable bonds is 7. The fourth-order valence-electron chi connectivity index (χ4n) is 1.35. The van der Waals surface area contributed by atoms with Gasteiger partial charge in [-0.15, -0.1) is 0 Å². The summed E-state index contributed by atoms with van der Waals surface area (Å²) in [5.41, 5.74) is 0. The van der Waals surface area contributed by atoms with Gasteiger partial charge in [0.05, 0.1) is 38.5 Å². The van der Waals surface area contributed by atoms with Gasteiger partial charge < -0.3 is 20.4 Å². The fourth-order valence-corrected chi connectivity index (χ4v) is 1.35. The summed E-state index contributed by atoms with van der Waals surface area (Å²) in [7, 11) is 0. The molecule has 0 aliphatic rings. The maximum Gasteiger partial charge on any atom is 0.0609 e. The first kappa shape index (κ1) is 17.2. The summed E-state index contributed by atoms with van der Waals surface area (Å²) in [6, 6.07) is -0.816. The highest BCUT2D eigenvalue weighted by atomic mass is 16.3. The first-order chi connectivity index (χ1) is 7.24. The van der Waals surface area contributed by atoms with E-state index in [9.17, 15) is 0 Å². The van der Waals surface area contributed by atoms with Gasteiger partial charge in [0.2, 0.25) is 0 Å². The van der Waals surface area contributed by atoms with Gasteiger partial charge >= 0.3 is 0 Å². The van der Waals surface area contributed by atoms with Crippen molar-refractivity contribution in [1.29, 1.82) is 0 Å². The molecule has 0 aromatic heterocycles. The molecule has 0 atom stereocenters. The standard InChI is InChI=1S/C8H19NO4.C2H6/c1-2-9(7(3-10)4-11)8(5-12)6-13;1-2/h7-8,10-13H,2-6H2,1H3;1-2H3. The van der Waals surface area contributed by atoms with Crippen LogP contribution in [-0.2, 0) is 0 Å². The maximum absolute atomic E-state index is 8.90. The van der Waals surface area contributed by atoms with Gasteiger partial charge in [0, 0.05) is 0 Å². The summed E-state index contributed by atoms with van der Waals surface area (Å²) in [5, 5.41) is 35.6. The molecule has 0 radical (unpaired) electrons. The lowest BCUT2D eigenvalue weighted by molar-refractivity contribution is 0.00521. The normalized spacial score (nSPS) is 10.8. The summed E-state index contributed by atoms with van der Waals surface area (Å²) in [4.78, 5) is 1.68. The van der Waals surface area contributed by atoms with Crippen molar-refractivity contribution in [2.75, 3.05) is 33.0 Å². The van der Waals surface area contributed by atoms with Crippen molar-refractivity contribution >= 4 is 0 Å². The summed E-state index contributed by atoms with van der Waals surface area (Å²) < 4.78 is 0. The summed E-state index contributed by atoms with van der Waals surface area (Å²) in [6.07, 6.45) is 0. The van der Waals surface area contributed by atoms with Crippen LogP contribution in [0.15, 0.2) is 0 Å². The Balaban J connectivity index is 0. The van der Waals surface area contributed by atoms with Crippen molar-refractivity contribution in [3.8, 4) is 0 Å². The zero-order valence-corrected chi connectivity index (χ0v) is 9.93. The minimum atomic E-state index is -0.408. The van der Waals surface area contributed by atoms with Crippen LogP contribution in [0.25, 0.3) is 0 Å². The number of aliphatic hydroxyl groups excluding tert-OH is 4. The highest BCUT2D eigenvalue weighted by Crippen LogP contribution is 2.04. The molecule has 0 rings (SSSR count). The van der Waals surface area contributed by atoms with Gasteiger partial charge in [-0.3, -0.25) is 4.90 Å². The molecule has 0 aliphatic carbocycles. The molecule has 0 aliphatic heterocycles. The Bertz CT molecular complexity index is 104. The van der Waals surface area contributed by atoms with Crippen molar-refractivity contribution in [1.82, 2.24) is 4.90 Å². The molecule has 0 saturated heterocycles. The Labute approximate surface area is 92.0 Å². The fraction of sp³-hybridized carbons (Fsp3) is 1.00. The lowest BCUT2D eigenvalue weighted by Gasteiger charge is -2.33. The number of likely N-dealkylation sites (N-methyl/N-ethyl adjacent to an activating group) is 1. The van der Waals surface area contributed by atoms with Crippen molar-refractivity contribution in [3.63, 3.8) is 0 Å². The number of hydrogen-bond donors (Lipinski definition) is 4. The van der Waals surface area contributed by atoms with Crippen molar-refractivity contribution in [2.24, 2.45) is 0 Å². The Hall–Kier alpha value is -0.200. The van der Waals surface area contributed by atoms with Crippen LogP contribution in [0.4, 0.5) is 0 Å². The molecule has 0 fully saturated rings. The predicted molar refractivity (Wildman–Crippen MR) is 59.6 cm³/mol. The van der Waals surface area contributed by atoms with Crippen LogP contribution >= 0.6 is 0 Å². The maximum atomic E-state index is 8.90. The molecule has 0 spiro atoms. The molecule has 5 heteroatoms. The van der Waals surface area contributed by atoms with Gasteiger partial charge in [-0.05, 0) is 6.54 Å². The minimum absolute atomic E-state index is 0.180. The van der Waals surface area contributed by atoms with E-state index in [-0.39, 0.29) is 26.4 Å². The van der Waals surface area contributed by atoms with E-state index in [1.165, 1.54) is 0 Å². The third kappa shape index (κ3) is 6.06. The molecule has 94 valence electrons. The Morgan fingerprint density at radius 1 is 0.800 bits per heavy atom. The molecule has 5 nitrogen and oxygen atoms in total. The van der Waals surface area contributed by atoms with Crippen LogP contribution in [0.5, 0.6) is 0 Å². The van der Waals surface area contributed by atoms with E-state index in [0.717, 1.165) is 0 Å². The first-order valence-electron chi connectivity index (χ1n) is 5.44. The van der Waals surface area contributed by atoms with E-state index in [1.807, 2.05) is 20.8 Å². The quantitative estimate of drug-likeness (QED) is 0.447. The van der Waals surface area contributed by atoms with Crippen molar-refractivity contribution in [3.05, 3.63) is 0 Å². The monoisotopic (exact) mass is 223 g/mol. The van der Waals surface area contributed by atoms with Crippen LogP contribution in [0.1, 0.15) is 20.8 Å². The smallest absolute Gasteiger partial charge is 0.0609 e. The van der Waals surface area contributed by atoms with E-state index < -0.39 is 12.1 Å². The topological polar surface area (TPSA) is 84.2 Å². The highest BCUT2D eigenvalue weighted by Gasteiger charge is 2.22. The molecule has 4 N–H and O–H groups in total. The Kier molecular flexibility index (Phi) is 13.6. The Morgan fingerprint density at radius 3 is 1.20 bits per heavy atom. The molecular weight excluding hydrogens is 198 g/mol. The summed E-state index contributed by atoms with van der Waals surface area (Å²) >= 11 is 0. The molecule has 0 saturated carbocycles. The lowest BCUT2D eigenvalue weighted by Crippen LogP contribution is -2.50. The molecule has 15 heavy (non-hydrogen) atoms. The summed E-state index contributed by atoms with van der Waals surface area (Å²) in [5.74, 6) is 0. The van der Waals surface area contributed by atoms with E-state index in [2.05, 4.69) is 0 Å². The van der Waals surface area contributed by atoms with Crippen LogP contribution in [-0.4, -0.2) is 70.4 Å². The molecular formula is C10H25NO4. The van der Waals surface area contributed by atoms with Crippen LogP contribution < -0.4 is 0 Å². The second kappa shape index (κ2) is 11.9. The van der Waals surface area contributed by atoms with Gasteiger partial charge in [0.1, 0.15) is 0 Å². The number of nitrogens with zero attached hydrogens (tertiary/aromatic N) is 1. The largest absolute Gasteiger partial charge is 0.395 e. The van der Waals surface area contributed by atoms with E-state index in [1.54, 1.807) is 4.90 Å². The molecule has 0 aromatic rings. The van der Waals surface area contributed by atoms with Gasteiger partial charge in [-0.2, -0.15) is 0 Å². The van der Waals surface area contributed by atoms with Crippen molar-refractivity contribution < 1.29 is 20.4 Å². The lowest BCUT2D eigenvalue weighted by atomic mass is 10.2. The van der Waals surface area contributed by atoms with Crippen LogP contribution in [0, 0.1) is 0 Å². The second-order valence-corrected chi connectivity index (χ2v) is 2.87. The van der Waals surface area contributed by atoms with E-state index >= 15 is 0 Å².